The minimum absolute atomic E-state index is 0.205. The van der Waals surface area contributed by atoms with Gasteiger partial charge in [-0.1, -0.05) is 233 Å². The second kappa shape index (κ2) is 38.1. The fourth-order valence-corrected chi connectivity index (χ4v) is 8.69. The molecular formula is C51H94O7. The summed E-state index contributed by atoms with van der Waals surface area (Å²) in [7, 11) is 0. The van der Waals surface area contributed by atoms with Gasteiger partial charge in [0.15, 0.2) is 28.5 Å². The number of carbonyl (C=O) groups is 5. The highest BCUT2D eigenvalue weighted by molar-refractivity contribution is 6.33. The fourth-order valence-electron chi connectivity index (χ4n) is 8.69. The van der Waals surface area contributed by atoms with E-state index in [1.54, 1.807) is 0 Å². The van der Waals surface area contributed by atoms with Gasteiger partial charge in [0.25, 0.3) is 0 Å². The van der Waals surface area contributed by atoms with Crippen LogP contribution in [-0.2, 0) is 24.0 Å². The summed E-state index contributed by atoms with van der Waals surface area (Å²) < 4.78 is 0. The van der Waals surface area contributed by atoms with E-state index in [1.165, 1.54) is 96.3 Å². The highest BCUT2D eigenvalue weighted by Gasteiger charge is 2.71. The third-order valence-corrected chi connectivity index (χ3v) is 12.5. The van der Waals surface area contributed by atoms with E-state index in [-0.39, 0.29) is 25.7 Å². The van der Waals surface area contributed by atoms with Crippen LogP contribution in [0.25, 0.3) is 0 Å². The zero-order valence-electron chi connectivity index (χ0n) is 38.7. The molecule has 0 saturated heterocycles. The summed E-state index contributed by atoms with van der Waals surface area (Å²) in [6.45, 7) is 8.76. The molecule has 0 radical (unpaired) electrons. The molecule has 0 rings (SSSR count). The van der Waals surface area contributed by atoms with Gasteiger partial charge in [-0.2, -0.15) is 0 Å². The highest BCUT2D eigenvalue weighted by Crippen LogP contribution is 2.42. The number of rotatable bonds is 46. The Balaban J connectivity index is 6.28. The van der Waals surface area contributed by atoms with Gasteiger partial charge in [0.05, 0.1) is 0 Å². The van der Waals surface area contributed by atoms with Crippen LogP contribution >= 0.6 is 0 Å². The number of carbonyl (C=O) groups excluding carboxylic acids is 4. The number of unbranched alkanes of at least 4 members (excludes halogenated alkanes) is 32. The van der Waals surface area contributed by atoms with Crippen LogP contribution in [0.2, 0.25) is 0 Å². The van der Waals surface area contributed by atoms with Gasteiger partial charge in [-0.3, -0.25) is 19.2 Å². The van der Waals surface area contributed by atoms with Crippen molar-refractivity contribution in [1.82, 2.24) is 0 Å². The molecule has 0 bridgehead atoms. The Morgan fingerprint density at radius 1 is 0.293 bits per heavy atom. The molecule has 2 N–H and O–H groups in total. The monoisotopic (exact) mass is 819 g/mol. The molecule has 0 saturated carbocycles. The topological polar surface area (TPSA) is 126 Å². The first-order valence-electron chi connectivity index (χ1n) is 25.2. The van der Waals surface area contributed by atoms with E-state index < -0.39 is 40.1 Å². The number of carboxylic acids is 1. The Hall–Kier alpha value is -1.89. The number of aliphatic carboxylic acids is 1. The normalized spacial score (nSPS) is 12.8. The van der Waals surface area contributed by atoms with E-state index in [0.717, 1.165) is 83.5 Å². The van der Waals surface area contributed by atoms with Gasteiger partial charge in [0, 0.05) is 25.7 Å². The molecule has 0 heterocycles. The average Bonchev–Trinajstić information content (AvgIpc) is 3.21. The lowest BCUT2D eigenvalue weighted by Crippen LogP contribution is -2.69. The van der Waals surface area contributed by atoms with Crippen LogP contribution in [-0.4, -0.2) is 44.9 Å². The number of aliphatic hydroxyl groups is 1. The van der Waals surface area contributed by atoms with Crippen LogP contribution in [0.3, 0.4) is 0 Å². The van der Waals surface area contributed by atoms with Crippen LogP contribution in [0.5, 0.6) is 0 Å². The lowest BCUT2D eigenvalue weighted by Gasteiger charge is -2.40. The Morgan fingerprint density at radius 2 is 0.466 bits per heavy atom. The molecule has 0 spiro atoms. The van der Waals surface area contributed by atoms with Crippen molar-refractivity contribution in [1.29, 1.82) is 0 Å². The zero-order chi connectivity index (χ0) is 43.2. The quantitative estimate of drug-likeness (QED) is 0.0463. The lowest BCUT2D eigenvalue weighted by molar-refractivity contribution is -0.190. The second-order valence-corrected chi connectivity index (χ2v) is 17.8. The summed E-state index contributed by atoms with van der Waals surface area (Å²) in [5, 5.41) is 23.1. The van der Waals surface area contributed by atoms with Crippen LogP contribution in [0.1, 0.15) is 285 Å². The van der Waals surface area contributed by atoms with E-state index in [4.69, 9.17) is 0 Å². The Morgan fingerprint density at radius 3 is 0.655 bits per heavy atom. The Bertz CT molecular complexity index is 968. The average molecular weight is 819 g/mol. The van der Waals surface area contributed by atoms with Crippen molar-refractivity contribution in [3.05, 3.63) is 0 Å². The molecule has 340 valence electrons. The molecule has 58 heavy (non-hydrogen) atoms. The third kappa shape index (κ3) is 23.2. The summed E-state index contributed by atoms with van der Waals surface area (Å²) in [5.74, 6) is -5.65. The van der Waals surface area contributed by atoms with Gasteiger partial charge in [-0.15, -0.1) is 0 Å². The lowest BCUT2D eigenvalue weighted by atomic mass is 9.58. The minimum Gasteiger partial charge on any atom is -0.479 e. The van der Waals surface area contributed by atoms with Crippen LogP contribution in [0.15, 0.2) is 0 Å². The van der Waals surface area contributed by atoms with Crippen molar-refractivity contribution in [2.45, 2.75) is 290 Å². The van der Waals surface area contributed by atoms with Crippen LogP contribution < -0.4 is 0 Å². The summed E-state index contributed by atoms with van der Waals surface area (Å²) in [6.07, 6.45) is 34.6. The van der Waals surface area contributed by atoms with Gasteiger partial charge >= 0.3 is 5.97 Å². The first kappa shape index (κ1) is 56.1. The molecule has 1 atom stereocenters. The molecule has 0 aliphatic rings. The van der Waals surface area contributed by atoms with Gasteiger partial charge in [0.1, 0.15) is 0 Å². The Labute approximate surface area is 357 Å². The number of carboxylic acid groups (broad SMARTS) is 1. The summed E-state index contributed by atoms with van der Waals surface area (Å²) >= 11 is 0. The number of hydrogen-bond donors (Lipinski definition) is 2. The van der Waals surface area contributed by atoms with Gasteiger partial charge in [-0.05, 0) is 25.7 Å². The third-order valence-electron chi connectivity index (χ3n) is 12.5. The standard InChI is InChI=1S/C51H94O7/c1-5-9-13-17-21-25-29-33-37-41-45(52)50(46(53)42-38-34-30-26-22-18-14-10-6-2,47(54)43-39-35-31-27-23-19-15-11-7-3)51(58,49(56)57)48(55)44-40-36-32-28-24-20-16-12-8-4/h58H,5-44H2,1-4H3,(H,56,57). The zero-order valence-corrected chi connectivity index (χ0v) is 38.7. The molecule has 0 aromatic heterocycles. The van der Waals surface area contributed by atoms with Crippen LogP contribution in [0.4, 0.5) is 0 Å². The molecular weight excluding hydrogens is 725 g/mol. The maximum absolute atomic E-state index is 14.6. The van der Waals surface area contributed by atoms with Crippen molar-refractivity contribution >= 4 is 29.1 Å². The van der Waals surface area contributed by atoms with Crippen molar-refractivity contribution in [2.24, 2.45) is 5.41 Å². The van der Waals surface area contributed by atoms with Gasteiger partial charge in [-0.25, -0.2) is 4.79 Å². The molecule has 0 aromatic rings. The van der Waals surface area contributed by atoms with Gasteiger partial charge in [0.2, 0.25) is 5.60 Å². The number of hydrogen-bond acceptors (Lipinski definition) is 6. The number of ketones is 4. The minimum atomic E-state index is -3.42. The van der Waals surface area contributed by atoms with E-state index in [0.29, 0.717) is 51.4 Å². The fraction of sp³-hybridized carbons (Fsp3) is 0.902. The maximum Gasteiger partial charge on any atom is 0.345 e. The first-order chi connectivity index (χ1) is 28.1. The van der Waals surface area contributed by atoms with E-state index in [2.05, 4.69) is 27.7 Å². The van der Waals surface area contributed by atoms with E-state index in [1.807, 2.05) is 0 Å². The molecule has 7 heteroatoms. The molecule has 0 fully saturated rings. The smallest absolute Gasteiger partial charge is 0.345 e. The highest BCUT2D eigenvalue weighted by atomic mass is 16.4. The molecule has 0 aliphatic heterocycles. The van der Waals surface area contributed by atoms with Crippen molar-refractivity contribution in [2.75, 3.05) is 0 Å². The summed E-state index contributed by atoms with van der Waals surface area (Å²) in [4.78, 5) is 71.4. The maximum atomic E-state index is 14.6. The van der Waals surface area contributed by atoms with Crippen molar-refractivity contribution < 1.29 is 34.2 Å². The molecule has 0 amide bonds. The van der Waals surface area contributed by atoms with E-state index in [9.17, 15) is 34.2 Å². The predicted molar refractivity (Wildman–Crippen MR) is 242 cm³/mol. The summed E-state index contributed by atoms with van der Waals surface area (Å²) in [5.41, 5.74) is -6.34. The first-order valence-corrected chi connectivity index (χ1v) is 25.2. The molecule has 0 aromatic carbocycles. The molecule has 7 nitrogen and oxygen atoms in total. The van der Waals surface area contributed by atoms with Gasteiger partial charge < -0.3 is 10.2 Å². The summed E-state index contributed by atoms with van der Waals surface area (Å²) in [6, 6.07) is 0. The predicted octanol–water partition coefficient (Wildman–Crippen LogP) is 14.7. The second-order valence-electron chi connectivity index (χ2n) is 17.8. The Kier molecular flexibility index (Phi) is 36.8. The number of Topliss-reactive ketones (excluding diaryl/α,β-unsaturated/α-hetero) is 4. The van der Waals surface area contributed by atoms with Crippen LogP contribution in [0, 0.1) is 5.41 Å². The molecule has 0 aliphatic carbocycles. The largest absolute Gasteiger partial charge is 0.479 e. The van der Waals surface area contributed by atoms with Crippen molar-refractivity contribution in [3.63, 3.8) is 0 Å². The van der Waals surface area contributed by atoms with E-state index >= 15 is 0 Å². The van der Waals surface area contributed by atoms with Crippen molar-refractivity contribution in [3.8, 4) is 0 Å². The SMILES string of the molecule is CCCCCCCCCCCC(=O)C(O)(C(=O)O)C(C(=O)CCCCCCCCCCC)(C(=O)CCCCCCCCCCC)C(=O)CCCCCCCCCCC. The molecule has 1 unspecified atom stereocenters.